The molecule has 0 spiro atoms. The van der Waals surface area contributed by atoms with Gasteiger partial charge in [0.1, 0.15) is 0 Å². The molecule has 1 unspecified atom stereocenters. The second-order valence-electron chi connectivity index (χ2n) is 4.80. The Morgan fingerprint density at radius 2 is 2.07 bits per heavy atom. The van der Waals surface area contributed by atoms with E-state index in [0.717, 1.165) is 11.7 Å². The van der Waals surface area contributed by atoms with E-state index in [1.165, 1.54) is 37.8 Å². The third kappa shape index (κ3) is 1.74. The molecular weight excluding hydrogens is 184 g/mol. The Bertz CT molecular complexity index is 357. The molecule has 2 heteroatoms. The van der Waals surface area contributed by atoms with Gasteiger partial charge in [0.25, 0.3) is 0 Å². The first-order valence-corrected chi connectivity index (χ1v) is 5.96. The van der Waals surface area contributed by atoms with Crippen LogP contribution in [0.1, 0.15) is 37.3 Å². The maximum atomic E-state index is 5.84. The van der Waals surface area contributed by atoms with Crippen LogP contribution in [-0.2, 0) is 0 Å². The quantitative estimate of drug-likeness (QED) is 0.747. The molecule has 0 radical (unpaired) electrons. The monoisotopic (exact) mass is 202 g/mol. The molecule has 2 aliphatic rings. The van der Waals surface area contributed by atoms with E-state index in [1.54, 1.807) is 0 Å². The zero-order chi connectivity index (χ0) is 10.3. The number of benzene rings is 1. The zero-order valence-corrected chi connectivity index (χ0v) is 9.02. The lowest BCUT2D eigenvalue weighted by Crippen LogP contribution is -2.25. The number of likely N-dealkylation sites (tertiary alicyclic amines) is 1. The van der Waals surface area contributed by atoms with Crippen LogP contribution in [0.15, 0.2) is 24.3 Å². The molecule has 1 aromatic rings. The predicted octanol–water partition coefficient (Wildman–Crippen LogP) is 2.57. The summed E-state index contributed by atoms with van der Waals surface area (Å²) in [6.07, 6.45) is 5.45. The molecule has 1 aliphatic carbocycles. The number of hydrogen-bond donors (Lipinski definition) is 1. The second-order valence-corrected chi connectivity index (χ2v) is 4.80. The first-order valence-electron chi connectivity index (χ1n) is 5.96. The molecule has 80 valence electrons. The van der Waals surface area contributed by atoms with E-state index in [4.69, 9.17) is 5.73 Å². The van der Waals surface area contributed by atoms with Crippen LogP contribution >= 0.6 is 0 Å². The molecule has 15 heavy (non-hydrogen) atoms. The van der Waals surface area contributed by atoms with Gasteiger partial charge in [-0.25, -0.2) is 0 Å². The highest BCUT2D eigenvalue weighted by Gasteiger charge is 2.37. The standard InChI is InChI=1S/C13H18N2/c14-11-4-1-3-10(9-11)13-5-2-8-15(13)12-6-7-12/h1,3-4,9,12-13H,2,5-8,14H2. The first-order chi connectivity index (χ1) is 7.34. The lowest BCUT2D eigenvalue weighted by atomic mass is 10.0. The normalized spacial score (nSPS) is 27.1. The van der Waals surface area contributed by atoms with E-state index in [0.29, 0.717) is 6.04 Å². The van der Waals surface area contributed by atoms with Crippen molar-refractivity contribution in [3.63, 3.8) is 0 Å². The predicted molar refractivity (Wildman–Crippen MR) is 62.6 cm³/mol. The van der Waals surface area contributed by atoms with Crippen LogP contribution in [0.5, 0.6) is 0 Å². The van der Waals surface area contributed by atoms with Crippen LogP contribution in [0.3, 0.4) is 0 Å². The van der Waals surface area contributed by atoms with Crippen molar-refractivity contribution >= 4 is 5.69 Å². The number of nitrogens with zero attached hydrogens (tertiary/aromatic N) is 1. The van der Waals surface area contributed by atoms with Crippen molar-refractivity contribution in [3.05, 3.63) is 29.8 Å². The van der Waals surface area contributed by atoms with Crippen molar-refractivity contribution in [1.29, 1.82) is 0 Å². The van der Waals surface area contributed by atoms with Gasteiger partial charge >= 0.3 is 0 Å². The summed E-state index contributed by atoms with van der Waals surface area (Å²) in [7, 11) is 0. The molecule has 2 N–H and O–H groups in total. The number of nitrogens with two attached hydrogens (primary N) is 1. The molecule has 1 aromatic carbocycles. The third-order valence-corrected chi connectivity index (χ3v) is 3.61. The van der Waals surface area contributed by atoms with Gasteiger partial charge in [0.15, 0.2) is 0 Å². The van der Waals surface area contributed by atoms with Crippen LogP contribution in [0.25, 0.3) is 0 Å². The maximum absolute atomic E-state index is 5.84. The molecular formula is C13H18N2. The number of hydrogen-bond acceptors (Lipinski definition) is 2. The first kappa shape index (κ1) is 9.22. The average molecular weight is 202 g/mol. The summed E-state index contributed by atoms with van der Waals surface area (Å²) < 4.78 is 0. The number of nitrogen functional groups attached to an aromatic ring is 1. The summed E-state index contributed by atoms with van der Waals surface area (Å²) in [5.74, 6) is 0. The van der Waals surface area contributed by atoms with Crippen LogP contribution < -0.4 is 5.73 Å². The number of anilines is 1. The van der Waals surface area contributed by atoms with Gasteiger partial charge in [-0.1, -0.05) is 12.1 Å². The Kier molecular flexibility index (Phi) is 2.17. The SMILES string of the molecule is Nc1cccc(C2CCCN2C2CC2)c1. The zero-order valence-electron chi connectivity index (χ0n) is 9.02. The molecule has 1 heterocycles. The van der Waals surface area contributed by atoms with E-state index in [1.807, 2.05) is 6.07 Å². The van der Waals surface area contributed by atoms with E-state index < -0.39 is 0 Å². The van der Waals surface area contributed by atoms with E-state index in [9.17, 15) is 0 Å². The van der Waals surface area contributed by atoms with Crippen molar-refractivity contribution in [2.24, 2.45) is 0 Å². The van der Waals surface area contributed by atoms with Crippen LogP contribution in [0.2, 0.25) is 0 Å². The molecule has 2 nitrogen and oxygen atoms in total. The minimum atomic E-state index is 0.640. The van der Waals surface area contributed by atoms with Crippen LogP contribution in [-0.4, -0.2) is 17.5 Å². The van der Waals surface area contributed by atoms with Gasteiger partial charge in [0.05, 0.1) is 0 Å². The molecule has 3 rings (SSSR count). The minimum absolute atomic E-state index is 0.640. The highest BCUT2D eigenvalue weighted by molar-refractivity contribution is 5.42. The lowest BCUT2D eigenvalue weighted by Gasteiger charge is -2.24. The summed E-state index contributed by atoms with van der Waals surface area (Å²) in [6.45, 7) is 1.28. The van der Waals surface area contributed by atoms with Gasteiger partial charge in [-0.2, -0.15) is 0 Å². The van der Waals surface area contributed by atoms with E-state index in [-0.39, 0.29) is 0 Å². The molecule has 1 saturated heterocycles. The lowest BCUT2D eigenvalue weighted by molar-refractivity contribution is 0.247. The van der Waals surface area contributed by atoms with Gasteiger partial charge in [0.2, 0.25) is 0 Å². The van der Waals surface area contributed by atoms with E-state index in [2.05, 4.69) is 23.1 Å². The molecule has 1 aliphatic heterocycles. The number of rotatable bonds is 2. The molecule has 2 fully saturated rings. The van der Waals surface area contributed by atoms with Gasteiger partial charge in [-0.3, -0.25) is 4.90 Å². The fourth-order valence-electron chi connectivity index (χ4n) is 2.76. The second kappa shape index (κ2) is 3.53. The summed E-state index contributed by atoms with van der Waals surface area (Å²) in [4.78, 5) is 2.68. The summed E-state index contributed by atoms with van der Waals surface area (Å²) >= 11 is 0. The van der Waals surface area contributed by atoms with Crippen molar-refractivity contribution in [1.82, 2.24) is 4.90 Å². The van der Waals surface area contributed by atoms with Crippen LogP contribution in [0.4, 0.5) is 5.69 Å². The van der Waals surface area contributed by atoms with Gasteiger partial charge in [-0.05, 0) is 49.9 Å². The summed E-state index contributed by atoms with van der Waals surface area (Å²) in [6, 6.07) is 9.93. The third-order valence-electron chi connectivity index (χ3n) is 3.61. The van der Waals surface area contributed by atoms with E-state index >= 15 is 0 Å². The molecule has 1 atom stereocenters. The van der Waals surface area contributed by atoms with Gasteiger partial charge in [0, 0.05) is 17.8 Å². The Hall–Kier alpha value is -1.02. The largest absolute Gasteiger partial charge is 0.399 e. The Morgan fingerprint density at radius 3 is 2.80 bits per heavy atom. The fourth-order valence-corrected chi connectivity index (χ4v) is 2.76. The van der Waals surface area contributed by atoms with Gasteiger partial charge < -0.3 is 5.73 Å². The molecule has 0 amide bonds. The molecule has 0 aromatic heterocycles. The van der Waals surface area contributed by atoms with Crippen LogP contribution in [0, 0.1) is 0 Å². The maximum Gasteiger partial charge on any atom is 0.0352 e. The van der Waals surface area contributed by atoms with Crippen molar-refractivity contribution in [3.8, 4) is 0 Å². The average Bonchev–Trinajstić information content (AvgIpc) is 2.96. The smallest absolute Gasteiger partial charge is 0.0352 e. The molecule has 0 bridgehead atoms. The van der Waals surface area contributed by atoms with Gasteiger partial charge in [-0.15, -0.1) is 0 Å². The Balaban J connectivity index is 1.85. The van der Waals surface area contributed by atoms with Crippen molar-refractivity contribution in [2.75, 3.05) is 12.3 Å². The van der Waals surface area contributed by atoms with Crippen molar-refractivity contribution in [2.45, 2.75) is 37.8 Å². The molecule has 1 saturated carbocycles. The highest BCUT2D eigenvalue weighted by Crippen LogP contribution is 2.40. The summed E-state index contributed by atoms with van der Waals surface area (Å²) in [5, 5.41) is 0. The highest BCUT2D eigenvalue weighted by atomic mass is 15.2. The topological polar surface area (TPSA) is 29.3 Å². The fraction of sp³-hybridized carbons (Fsp3) is 0.538. The Morgan fingerprint density at radius 1 is 1.20 bits per heavy atom. The minimum Gasteiger partial charge on any atom is -0.399 e. The van der Waals surface area contributed by atoms with Crippen molar-refractivity contribution < 1.29 is 0 Å². The summed E-state index contributed by atoms with van der Waals surface area (Å²) in [5.41, 5.74) is 8.16. The Labute approximate surface area is 91.1 Å².